The van der Waals surface area contributed by atoms with Crippen molar-refractivity contribution in [2.24, 2.45) is 11.8 Å². The average Bonchev–Trinajstić information content (AvgIpc) is 3.50. The summed E-state index contributed by atoms with van der Waals surface area (Å²) in [6.07, 6.45) is 1.93. The van der Waals surface area contributed by atoms with E-state index < -0.39 is 78.7 Å². The van der Waals surface area contributed by atoms with Crippen molar-refractivity contribution in [3.05, 3.63) is 72.5 Å². The van der Waals surface area contributed by atoms with Crippen molar-refractivity contribution in [1.29, 1.82) is 0 Å². The van der Waals surface area contributed by atoms with Gasteiger partial charge in [0.25, 0.3) is 0 Å². The normalized spacial score (nSPS) is 18.5. The van der Waals surface area contributed by atoms with Gasteiger partial charge in [0.1, 0.15) is 18.1 Å². The molecule has 0 bridgehead atoms. The lowest BCUT2D eigenvalue weighted by molar-refractivity contribution is -0.141. The van der Waals surface area contributed by atoms with Gasteiger partial charge >= 0.3 is 35.9 Å². The number of nitrogens with zero attached hydrogens (tertiary/aromatic N) is 4. The van der Waals surface area contributed by atoms with E-state index in [1.165, 1.54) is 0 Å². The fourth-order valence-corrected chi connectivity index (χ4v) is 9.98. The standard InChI is InChI=1S/C54H75N9O15/c1-35(64)31-60-20-22-61(23-25-63(34-49(70)71)27-26-62(24-21-60)33-48(68)69)32-46(65)56-30-36-13-15-37(16-14-36)50(72)57-45(29-42-40-10-4-2-8-38(40)28-39-9-3-5-11-41(39)42)51(73)55-19-7-6-12-43(52(74)75)58-54(78)59-44(53(76)77)17-18-47(66)67/h2-5,8-11,28,36-37,43-45,64H,1,6-7,12-27,29-34H2,(H,55,73)(H,56,65)(H,57,72)(H,66,67)(H,68,69)(H,70,71)(H,74,75)(H,76,77)(H2,58,59,78)/t36?,37?,43-,44-,45-/m0/s1. The first kappa shape index (κ1) is 61.4. The molecule has 24 heteroatoms. The van der Waals surface area contributed by atoms with Crippen LogP contribution in [0.2, 0.25) is 0 Å². The summed E-state index contributed by atoms with van der Waals surface area (Å²) in [7, 11) is 0. The zero-order valence-corrected chi connectivity index (χ0v) is 43.9. The second-order valence-electron chi connectivity index (χ2n) is 20.2. The van der Waals surface area contributed by atoms with Crippen molar-refractivity contribution in [1.82, 2.24) is 46.2 Å². The molecule has 1 saturated carbocycles. The lowest BCUT2D eigenvalue weighted by Crippen LogP contribution is -2.51. The number of urea groups is 1. The predicted molar refractivity (Wildman–Crippen MR) is 287 cm³/mol. The number of aliphatic hydroxyl groups is 1. The fourth-order valence-electron chi connectivity index (χ4n) is 9.98. The molecule has 3 atom stereocenters. The Hall–Kier alpha value is -7.41. The topological polar surface area (TPSA) is 348 Å². The van der Waals surface area contributed by atoms with E-state index in [0.717, 1.165) is 27.1 Å². The van der Waals surface area contributed by atoms with Gasteiger partial charge in [-0.3, -0.25) is 48.4 Å². The van der Waals surface area contributed by atoms with Crippen molar-refractivity contribution in [3.8, 4) is 0 Å². The molecule has 1 aliphatic heterocycles. The molecule has 3 aromatic rings. The summed E-state index contributed by atoms with van der Waals surface area (Å²) >= 11 is 0. The van der Waals surface area contributed by atoms with Crippen LogP contribution >= 0.6 is 0 Å². The number of benzene rings is 3. The smallest absolute Gasteiger partial charge is 0.326 e. The zero-order chi connectivity index (χ0) is 56.7. The number of carboxylic acid groups (broad SMARTS) is 5. The van der Waals surface area contributed by atoms with Gasteiger partial charge in [0.15, 0.2) is 0 Å². The second kappa shape index (κ2) is 31.1. The Morgan fingerprint density at radius 2 is 1.04 bits per heavy atom. The van der Waals surface area contributed by atoms with E-state index in [-0.39, 0.29) is 81.9 Å². The molecular formula is C54H75N9O15. The molecule has 24 nitrogen and oxygen atoms in total. The average molecular weight is 1090 g/mol. The summed E-state index contributed by atoms with van der Waals surface area (Å²) < 4.78 is 0. The molecule has 5 amide bonds. The molecule has 0 unspecified atom stereocenters. The first-order chi connectivity index (χ1) is 37.2. The molecule has 5 rings (SSSR count). The number of unbranched alkanes of at least 4 members (excludes halogenated alkanes) is 1. The highest BCUT2D eigenvalue weighted by Gasteiger charge is 2.32. The van der Waals surface area contributed by atoms with Gasteiger partial charge in [0.2, 0.25) is 17.7 Å². The predicted octanol–water partition coefficient (Wildman–Crippen LogP) is 1.76. The Bertz CT molecular complexity index is 2510. The number of amides is 5. The van der Waals surface area contributed by atoms with Gasteiger partial charge in [-0.05, 0) is 90.5 Å². The largest absolute Gasteiger partial charge is 0.512 e. The Labute approximate surface area is 452 Å². The third kappa shape index (κ3) is 20.9. The lowest BCUT2D eigenvalue weighted by Gasteiger charge is -2.33. The van der Waals surface area contributed by atoms with Crippen molar-refractivity contribution in [2.45, 2.75) is 82.3 Å². The molecule has 78 heavy (non-hydrogen) atoms. The minimum absolute atomic E-state index is 0.0291. The number of aliphatic carboxylic acids is 5. The molecule has 3 aromatic carbocycles. The SMILES string of the molecule is C=C(O)CN1CCN(CC(=O)O)CCN(CC(=O)O)CCN(CC(=O)NCC2CCC(C(=O)N[C@@H](Cc3c4ccccc4cc4ccccc34)C(=O)NCCCC[C@H](NC(=O)N[C@@H](CCC(=O)O)C(=O)O)C(=O)O)CC2)CC1. The first-order valence-corrected chi connectivity index (χ1v) is 26.4. The van der Waals surface area contributed by atoms with Crippen LogP contribution in [0, 0.1) is 11.8 Å². The van der Waals surface area contributed by atoms with Crippen molar-refractivity contribution < 1.29 is 73.8 Å². The van der Waals surface area contributed by atoms with Crippen LogP contribution in [0.1, 0.15) is 63.4 Å². The number of hydrogen-bond acceptors (Lipinski definition) is 14. The monoisotopic (exact) mass is 1090 g/mol. The van der Waals surface area contributed by atoms with Crippen LogP contribution in [0.25, 0.3) is 21.5 Å². The summed E-state index contributed by atoms with van der Waals surface area (Å²) in [4.78, 5) is 119. The van der Waals surface area contributed by atoms with Crippen LogP contribution < -0.4 is 26.6 Å². The zero-order valence-electron chi connectivity index (χ0n) is 43.9. The van der Waals surface area contributed by atoms with E-state index in [0.29, 0.717) is 84.6 Å². The van der Waals surface area contributed by atoms with E-state index in [1.807, 2.05) is 58.3 Å². The third-order valence-electron chi connectivity index (χ3n) is 14.2. The highest BCUT2D eigenvalue weighted by molar-refractivity contribution is 6.03. The molecule has 426 valence electrons. The van der Waals surface area contributed by atoms with Gasteiger partial charge in [0.05, 0.1) is 31.9 Å². The molecular weight excluding hydrogens is 1010 g/mol. The van der Waals surface area contributed by atoms with Gasteiger partial charge in [-0.15, -0.1) is 0 Å². The summed E-state index contributed by atoms with van der Waals surface area (Å²) in [5.41, 5.74) is 0.869. The maximum Gasteiger partial charge on any atom is 0.326 e. The summed E-state index contributed by atoms with van der Waals surface area (Å²) in [5, 5.41) is 74.2. The number of fused-ring (bicyclic) bond motifs is 2. The number of carbonyl (C=O) groups is 9. The van der Waals surface area contributed by atoms with E-state index in [1.54, 1.807) is 9.80 Å². The van der Waals surface area contributed by atoms with Crippen LogP contribution in [0.4, 0.5) is 4.79 Å². The summed E-state index contributed by atoms with van der Waals surface area (Å²) in [6, 6.07) is 12.6. The minimum atomic E-state index is -1.55. The van der Waals surface area contributed by atoms with E-state index in [2.05, 4.69) is 39.2 Å². The van der Waals surface area contributed by atoms with Crippen LogP contribution in [0.15, 0.2) is 66.9 Å². The maximum atomic E-state index is 14.2. The molecule has 2 fully saturated rings. The van der Waals surface area contributed by atoms with Crippen molar-refractivity contribution in [2.75, 3.05) is 91.6 Å². The van der Waals surface area contributed by atoms with Gasteiger partial charge in [-0.25, -0.2) is 14.4 Å². The van der Waals surface area contributed by atoms with E-state index in [9.17, 15) is 68.7 Å². The Morgan fingerprint density at radius 3 is 1.53 bits per heavy atom. The van der Waals surface area contributed by atoms with Gasteiger partial charge in [0, 0.05) is 84.2 Å². The van der Waals surface area contributed by atoms with Crippen LogP contribution in [0.3, 0.4) is 0 Å². The number of carbonyl (C=O) groups excluding carboxylic acids is 4. The second-order valence-corrected chi connectivity index (χ2v) is 20.2. The van der Waals surface area contributed by atoms with Crippen molar-refractivity contribution >= 4 is 75.1 Å². The minimum Gasteiger partial charge on any atom is -0.512 e. The highest BCUT2D eigenvalue weighted by Crippen LogP contribution is 2.31. The summed E-state index contributed by atoms with van der Waals surface area (Å²) in [5.74, 6) is -7.51. The first-order valence-electron chi connectivity index (χ1n) is 26.4. The summed E-state index contributed by atoms with van der Waals surface area (Å²) in [6.45, 7) is 6.69. The number of aliphatic hydroxyl groups excluding tert-OH is 1. The molecule has 1 heterocycles. The highest BCUT2D eigenvalue weighted by atomic mass is 16.4. The molecule has 1 aliphatic carbocycles. The number of hydrogen-bond donors (Lipinski definition) is 11. The number of rotatable bonds is 27. The molecule has 11 N–H and O–H groups in total. The molecule has 0 radical (unpaired) electrons. The van der Waals surface area contributed by atoms with Gasteiger partial charge in [-0.1, -0.05) is 55.1 Å². The molecule has 0 spiro atoms. The lowest BCUT2D eigenvalue weighted by atomic mass is 9.81. The quantitative estimate of drug-likeness (QED) is 0.0294. The third-order valence-corrected chi connectivity index (χ3v) is 14.2. The van der Waals surface area contributed by atoms with Crippen molar-refractivity contribution in [3.63, 3.8) is 0 Å². The Balaban J connectivity index is 1.18. The van der Waals surface area contributed by atoms with E-state index in [4.69, 9.17) is 5.11 Å². The molecule has 2 aliphatic rings. The molecule has 1 saturated heterocycles. The Morgan fingerprint density at radius 1 is 0.551 bits per heavy atom. The maximum absolute atomic E-state index is 14.2. The van der Waals surface area contributed by atoms with Gasteiger partial charge < -0.3 is 57.2 Å². The number of carboxylic acids is 5. The van der Waals surface area contributed by atoms with Gasteiger partial charge in [-0.2, -0.15) is 0 Å². The van der Waals surface area contributed by atoms with Crippen LogP contribution in [0.5, 0.6) is 0 Å². The number of nitrogens with one attached hydrogen (secondary N) is 5. The van der Waals surface area contributed by atoms with Crippen LogP contribution in [-0.2, 0) is 44.8 Å². The van der Waals surface area contributed by atoms with E-state index >= 15 is 0 Å². The Kier molecular flexibility index (Phi) is 24.5. The molecule has 0 aromatic heterocycles. The fraction of sp³-hybridized carbons (Fsp3) is 0.537. The van der Waals surface area contributed by atoms with Crippen LogP contribution in [-0.4, -0.2) is 214 Å².